The lowest BCUT2D eigenvalue weighted by Crippen LogP contribution is -2.39. The van der Waals surface area contributed by atoms with E-state index in [-0.39, 0.29) is 0 Å². The molecule has 0 N–H and O–H groups in total. The Bertz CT molecular complexity index is 752. The molecule has 2 aliphatic rings. The molecule has 10 nitrogen and oxygen atoms in total. The maximum absolute atomic E-state index is 5.42. The maximum atomic E-state index is 5.42. The van der Waals surface area contributed by atoms with Crippen LogP contribution in [0.25, 0.3) is 0 Å². The van der Waals surface area contributed by atoms with Crippen LogP contribution in [0.15, 0.2) is 31.4 Å². The lowest BCUT2D eigenvalue weighted by atomic mass is 10.4. The number of hydrogen-bond acceptors (Lipinski definition) is 10. The van der Waals surface area contributed by atoms with Gasteiger partial charge in [-0.05, 0) is 28.1 Å². The molecular weight excluding hydrogens is 418 g/mol. The highest BCUT2D eigenvalue weighted by atomic mass is 79.9. The van der Waals surface area contributed by atoms with Crippen LogP contribution < -0.4 is 9.80 Å². The fraction of sp³-hybridized carbons (Fsp3) is 0.562. The van der Waals surface area contributed by atoms with Crippen molar-refractivity contribution in [3.05, 3.63) is 22.6 Å². The standard InChI is InChI=1S/C16H20BrN7O3/c17-13-2-1-12(27-13)11-18-22-14-19-15(23-3-7-25-8-4-23)21-16(20-14)24-5-9-26-10-6-24/h1-2H,3-11H2. The number of rotatable bonds is 5. The van der Waals surface area contributed by atoms with Gasteiger partial charge in [0.05, 0.1) is 26.4 Å². The van der Waals surface area contributed by atoms with Crippen LogP contribution in [0.2, 0.25) is 0 Å². The lowest BCUT2D eigenvalue weighted by molar-refractivity contribution is 0.121. The van der Waals surface area contributed by atoms with E-state index in [9.17, 15) is 0 Å². The fourth-order valence-corrected chi connectivity index (χ4v) is 3.14. The van der Waals surface area contributed by atoms with Gasteiger partial charge in [0, 0.05) is 26.2 Å². The summed E-state index contributed by atoms with van der Waals surface area (Å²) in [6.07, 6.45) is 0. The monoisotopic (exact) mass is 437 g/mol. The first-order chi connectivity index (χ1) is 13.3. The van der Waals surface area contributed by atoms with E-state index in [0.717, 1.165) is 26.2 Å². The number of halogens is 1. The number of nitrogens with zero attached hydrogens (tertiary/aromatic N) is 7. The summed E-state index contributed by atoms with van der Waals surface area (Å²) in [5.74, 6) is 2.20. The molecule has 144 valence electrons. The van der Waals surface area contributed by atoms with Gasteiger partial charge in [-0.15, -0.1) is 5.11 Å². The van der Waals surface area contributed by atoms with Crippen molar-refractivity contribution in [3.8, 4) is 0 Å². The zero-order chi connectivity index (χ0) is 18.5. The number of morpholine rings is 2. The van der Waals surface area contributed by atoms with Crippen molar-refractivity contribution in [2.45, 2.75) is 6.54 Å². The average Bonchev–Trinajstić information content (AvgIpc) is 3.14. The molecule has 27 heavy (non-hydrogen) atoms. The van der Waals surface area contributed by atoms with Gasteiger partial charge in [0.2, 0.25) is 11.9 Å². The predicted octanol–water partition coefficient (Wildman–Crippen LogP) is 2.18. The molecule has 0 amide bonds. The van der Waals surface area contributed by atoms with Crippen molar-refractivity contribution in [2.24, 2.45) is 10.2 Å². The summed E-state index contributed by atoms with van der Waals surface area (Å²) in [5.41, 5.74) is 0. The molecule has 11 heteroatoms. The second-order valence-corrected chi connectivity index (χ2v) is 6.82. The first kappa shape index (κ1) is 18.3. The minimum absolute atomic E-state index is 0.290. The highest BCUT2D eigenvalue weighted by Crippen LogP contribution is 2.21. The van der Waals surface area contributed by atoms with Crippen LogP contribution in [0.1, 0.15) is 5.76 Å². The third kappa shape index (κ3) is 4.79. The van der Waals surface area contributed by atoms with Gasteiger partial charge in [0.15, 0.2) is 4.67 Å². The van der Waals surface area contributed by atoms with E-state index >= 15 is 0 Å². The summed E-state index contributed by atoms with van der Waals surface area (Å²) < 4.78 is 16.9. The molecule has 4 heterocycles. The molecule has 2 aromatic heterocycles. The molecule has 0 aromatic carbocycles. The molecule has 0 saturated carbocycles. The quantitative estimate of drug-likeness (QED) is 0.655. The zero-order valence-corrected chi connectivity index (χ0v) is 16.3. The number of aromatic nitrogens is 3. The number of furan rings is 1. The van der Waals surface area contributed by atoms with Gasteiger partial charge in [-0.2, -0.15) is 20.1 Å². The van der Waals surface area contributed by atoms with Gasteiger partial charge in [-0.25, -0.2) is 0 Å². The Morgan fingerprint density at radius 3 is 2.00 bits per heavy atom. The van der Waals surface area contributed by atoms with E-state index in [0.29, 0.717) is 61.2 Å². The third-order valence-corrected chi connectivity index (χ3v) is 4.63. The summed E-state index contributed by atoms with van der Waals surface area (Å²) in [6.45, 7) is 5.90. The Labute approximate surface area is 164 Å². The number of hydrogen-bond donors (Lipinski definition) is 0. The van der Waals surface area contributed by atoms with Crippen molar-refractivity contribution in [3.63, 3.8) is 0 Å². The van der Waals surface area contributed by atoms with Gasteiger partial charge in [0.1, 0.15) is 12.3 Å². The predicted molar refractivity (Wildman–Crippen MR) is 101 cm³/mol. The minimum atomic E-state index is 0.290. The highest BCUT2D eigenvalue weighted by Gasteiger charge is 2.20. The van der Waals surface area contributed by atoms with Crippen LogP contribution in [0.3, 0.4) is 0 Å². The molecule has 4 rings (SSSR count). The molecule has 0 unspecified atom stereocenters. The summed E-state index contributed by atoms with van der Waals surface area (Å²) in [6, 6.07) is 3.66. The van der Waals surface area contributed by atoms with Gasteiger partial charge < -0.3 is 23.7 Å². The Balaban J connectivity index is 1.56. The summed E-state index contributed by atoms with van der Waals surface area (Å²) in [7, 11) is 0. The van der Waals surface area contributed by atoms with E-state index in [4.69, 9.17) is 13.9 Å². The molecule has 0 aliphatic carbocycles. The van der Waals surface area contributed by atoms with Crippen LogP contribution in [0.4, 0.5) is 17.8 Å². The molecule has 0 radical (unpaired) electrons. The van der Waals surface area contributed by atoms with Crippen molar-refractivity contribution >= 4 is 33.8 Å². The topological polar surface area (TPSA) is 101 Å². The Hall–Kier alpha value is -2.11. The fourth-order valence-electron chi connectivity index (χ4n) is 2.80. The lowest BCUT2D eigenvalue weighted by Gasteiger charge is -2.29. The molecule has 2 aliphatic heterocycles. The Morgan fingerprint density at radius 2 is 1.48 bits per heavy atom. The van der Waals surface area contributed by atoms with Crippen LogP contribution in [0, 0.1) is 0 Å². The summed E-state index contributed by atoms with van der Waals surface area (Å²) >= 11 is 3.27. The average molecular weight is 438 g/mol. The smallest absolute Gasteiger partial charge is 0.275 e. The number of ether oxygens (including phenoxy) is 2. The van der Waals surface area contributed by atoms with E-state index < -0.39 is 0 Å². The van der Waals surface area contributed by atoms with E-state index in [1.807, 2.05) is 12.1 Å². The zero-order valence-electron chi connectivity index (χ0n) is 14.8. The molecular formula is C16H20BrN7O3. The molecule has 0 spiro atoms. The number of azo groups is 1. The molecule has 2 fully saturated rings. The van der Waals surface area contributed by atoms with E-state index in [2.05, 4.69) is 50.9 Å². The van der Waals surface area contributed by atoms with E-state index in [1.165, 1.54) is 0 Å². The number of anilines is 2. The molecule has 0 atom stereocenters. The van der Waals surface area contributed by atoms with Crippen LogP contribution in [0.5, 0.6) is 0 Å². The second kappa shape index (κ2) is 8.72. The summed E-state index contributed by atoms with van der Waals surface area (Å²) in [4.78, 5) is 17.8. The Kier molecular flexibility index (Phi) is 5.90. The van der Waals surface area contributed by atoms with Crippen LogP contribution in [-0.4, -0.2) is 67.6 Å². The van der Waals surface area contributed by atoms with Crippen molar-refractivity contribution in [1.29, 1.82) is 0 Å². The van der Waals surface area contributed by atoms with Crippen molar-refractivity contribution in [2.75, 3.05) is 62.4 Å². The van der Waals surface area contributed by atoms with Crippen LogP contribution >= 0.6 is 15.9 Å². The van der Waals surface area contributed by atoms with Crippen molar-refractivity contribution < 1.29 is 13.9 Å². The highest BCUT2D eigenvalue weighted by molar-refractivity contribution is 9.10. The molecule has 2 saturated heterocycles. The molecule has 2 aromatic rings. The normalized spacial score (nSPS) is 18.4. The SMILES string of the molecule is Brc1ccc(CN=Nc2nc(N3CCOCC3)nc(N3CCOCC3)n2)o1. The Morgan fingerprint density at radius 1 is 0.889 bits per heavy atom. The van der Waals surface area contributed by atoms with Gasteiger partial charge in [0.25, 0.3) is 5.95 Å². The minimum Gasteiger partial charge on any atom is -0.452 e. The largest absolute Gasteiger partial charge is 0.452 e. The second-order valence-electron chi connectivity index (χ2n) is 6.04. The third-order valence-electron chi connectivity index (χ3n) is 4.20. The van der Waals surface area contributed by atoms with Crippen LogP contribution in [-0.2, 0) is 16.0 Å². The van der Waals surface area contributed by atoms with Gasteiger partial charge >= 0.3 is 0 Å². The van der Waals surface area contributed by atoms with Gasteiger partial charge in [-0.3, -0.25) is 0 Å². The van der Waals surface area contributed by atoms with E-state index in [1.54, 1.807) is 0 Å². The summed E-state index contributed by atoms with van der Waals surface area (Å²) in [5, 5.41) is 8.36. The maximum Gasteiger partial charge on any atom is 0.275 e. The van der Waals surface area contributed by atoms with Gasteiger partial charge in [-0.1, -0.05) is 0 Å². The first-order valence-corrected chi connectivity index (χ1v) is 9.60. The molecule has 0 bridgehead atoms. The van der Waals surface area contributed by atoms with Crippen molar-refractivity contribution in [1.82, 2.24) is 15.0 Å². The first-order valence-electron chi connectivity index (χ1n) is 8.81.